The van der Waals surface area contributed by atoms with E-state index in [0.29, 0.717) is 32.0 Å². The Labute approximate surface area is 126 Å². The number of nitrogens with zero attached hydrogens (tertiary/aromatic N) is 1. The second-order valence-corrected chi connectivity index (χ2v) is 7.19. The highest BCUT2D eigenvalue weighted by molar-refractivity contribution is 5.83. The fraction of sp³-hybridized carbons (Fsp3) is 0.875. The summed E-state index contributed by atoms with van der Waals surface area (Å²) in [6.45, 7) is 1.29. The van der Waals surface area contributed by atoms with Crippen molar-refractivity contribution in [2.24, 2.45) is 11.1 Å². The maximum atomic E-state index is 12.3. The molecule has 1 heterocycles. The van der Waals surface area contributed by atoms with Crippen LogP contribution in [0.5, 0.6) is 0 Å². The minimum atomic E-state index is 0.00112. The molecule has 2 aliphatic carbocycles. The summed E-state index contributed by atoms with van der Waals surface area (Å²) in [6, 6.07) is 0.456. The summed E-state index contributed by atoms with van der Waals surface area (Å²) in [4.78, 5) is 26.2. The predicted octanol–water partition coefficient (Wildman–Crippen LogP) is 1.17. The van der Waals surface area contributed by atoms with Gasteiger partial charge in [-0.3, -0.25) is 9.59 Å². The lowest BCUT2D eigenvalue weighted by atomic mass is 9.71. The Morgan fingerprint density at radius 3 is 2.62 bits per heavy atom. The molecular weight excluding hydrogens is 266 g/mol. The van der Waals surface area contributed by atoms with E-state index in [2.05, 4.69) is 5.32 Å². The maximum absolute atomic E-state index is 12.3. The van der Waals surface area contributed by atoms with E-state index < -0.39 is 0 Å². The number of hydrogen-bond donors (Lipinski definition) is 2. The predicted molar refractivity (Wildman–Crippen MR) is 80.5 cm³/mol. The normalized spacial score (nSPS) is 28.7. The van der Waals surface area contributed by atoms with E-state index in [1.54, 1.807) is 0 Å². The number of likely N-dealkylation sites (tertiary alicyclic amines) is 1. The van der Waals surface area contributed by atoms with E-state index in [1.165, 1.54) is 19.3 Å². The van der Waals surface area contributed by atoms with Gasteiger partial charge in [0.1, 0.15) is 0 Å². The van der Waals surface area contributed by atoms with Crippen molar-refractivity contribution in [3.63, 3.8) is 0 Å². The van der Waals surface area contributed by atoms with Gasteiger partial charge in [-0.15, -0.1) is 0 Å². The second-order valence-electron chi connectivity index (χ2n) is 7.19. The lowest BCUT2D eigenvalue weighted by Crippen LogP contribution is -2.42. The van der Waals surface area contributed by atoms with Crippen LogP contribution in [0.4, 0.5) is 0 Å². The van der Waals surface area contributed by atoms with Crippen molar-refractivity contribution < 1.29 is 9.59 Å². The molecule has 0 aromatic carbocycles. The smallest absolute Gasteiger partial charge is 0.225 e. The summed E-state index contributed by atoms with van der Waals surface area (Å²) in [5.41, 5.74) is 5.95. The summed E-state index contributed by atoms with van der Waals surface area (Å²) >= 11 is 0. The SMILES string of the molecule is NCC1(CC(=O)NC2CC(=O)N(C3CC3)C2)CCCCC1. The van der Waals surface area contributed by atoms with Gasteiger partial charge in [-0.2, -0.15) is 0 Å². The molecule has 0 radical (unpaired) electrons. The van der Waals surface area contributed by atoms with Gasteiger partial charge < -0.3 is 16.0 Å². The molecule has 1 aliphatic heterocycles. The number of nitrogens with one attached hydrogen (secondary N) is 1. The number of amides is 2. The minimum absolute atomic E-state index is 0.00112. The molecule has 0 bridgehead atoms. The average Bonchev–Trinajstić information content (AvgIpc) is 3.24. The summed E-state index contributed by atoms with van der Waals surface area (Å²) < 4.78 is 0. The maximum Gasteiger partial charge on any atom is 0.225 e. The monoisotopic (exact) mass is 293 g/mol. The Balaban J connectivity index is 1.50. The molecular formula is C16H27N3O2. The van der Waals surface area contributed by atoms with E-state index in [0.717, 1.165) is 25.7 Å². The molecule has 3 rings (SSSR count). The summed E-state index contributed by atoms with van der Waals surface area (Å²) in [6.07, 6.45) is 9.00. The minimum Gasteiger partial charge on any atom is -0.351 e. The van der Waals surface area contributed by atoms with Crippen LogP contribution >= 0.6 is 0 Å². The van der Waals surface area contributed by atoms with Crippen molar-refractivity contribution in [2.45, 2.75) is 69.9 Å². The van der Waals surface area contributed by atoms with E-state index >= 15 is 0 Å². The van der Waals surface area contributed by atoms with Gasteiger partial charge in [0, 0.05) is 25.4 Å². The van der Waals surface area contributed by atoms with Crippen LogP contribution in [0, 0.1) is 5.41 Å². The molecule has 3 aliphatic rings. The molecule has 1 atom stereocenters. The standard InChI is InChI=1S/C16H27N3O2/c17-11-16(6-2-1-3-7-16)9-14(20)18-12-8-15(21)19(10-12)13-4-5-13/h12-13H,1-11,17H2,(H,18,20). The third kappa shape index (κ3) is 3.39. The van der Waals surface area contributed by atoms with Crippen molar-refractivity contribution >= 4 is 11.8 Å². The van der Waals surface area contributed by atoms with Crippen LogP contribution in [0.2, 0.25) is 0 Å². The molecule has 3 fully saturated rings. The summed E-state index contributed by atoms with van der Waals surface area (Å²) in [5.74, 6) is 0.284. The van der Waals surface area contributed by atoms with Crippen molar-refractivity contribution in [2.75, 3.05) is 13.1 Å². The van der Waals surface area contributed by atoms with Crippen LogP contribution in [0.1, 0.15) is 57.8 Å². The van der Waals surface area contributed by atoms with E-state index in [9.17, 15) is 9.59 Å². The zero-order chi connectivity index (χ0) is 14.9. The molecule has 2 amide bonds. The first kappa shape index (κ1) is 14.8. The molecule has 3 N–H and O–H groups in total. The van der Waals surface area contributed by atoms with Gasteiger partial charge in [-0.25, -0.2) is 0 Å². The highest BCUT2D eigenvalue weighted by Gasteiger charge is 2.40. The van der Waals surface area contributed by atoms with Crippen LogP contribution in [0.3, 0.4) is 0 Å². The van der Waals surface area contributed by atoms with E-state index in [1.807, 2.05) is 4.90 Å². The third-order valence-corrected chi connectivity index (χ3v) is 5.39. The number of carbonyl (C=O) groups excluding carboxylic acids is 2. The number of carbonyl (C=O) groups is 2. The van der Waals surface area contributed by atoms with Crippen molar-refractivity contribution in [3.8, 4) is 0 Å². The van der Waals surface area contributed by atoms with Gasteiger partial charge in [0.05, 0.1) is 6.04 Å². The molecule has 1 saturated heterocycles. The van der Waals surface area contributed by atoms with Gasteiger partial charge in [-0.05, 0) is 37.6 Å². The molecule has 2 saturated carbocycles. The van der Waals surface area contributed by atoms with Crippen molar-refractivity contribution in [1.82, 2.24) is 10.2 Å². The molecule has 0 spiro atoms. The molecule has 5 heteroatoms. The zero-order valence-corrected chi connectivity index (χ0v) is 12.8. The van der Waals surface area contributed by atoms with Gasteiger partial charge >= 0.3 is 0 Å². The van der Waals surface area contributed by atoms with E-state index in [-0.39, 0.29) is 23.3 Å². The van der Waals surface area contributed by atoms with Crippen LogP contribution in [-0.4, -0.2) is 41.9 Å². The first-order chi connectivity index (χ1) is 10.1. The molecule has 118 valence electrons. The van der Waals surface area contributed by atoms with Gasteiger partial charge in [0.25, 0.3) is 0 Å². The van der Waals surface area contributed by atoms with Crippen LogP contribution in [0.25, 0.3) is 0 Å². The largest absolute Gasteiger partial charge is 0.351 e. The lowest BCUT2D eigenvalue weighted by molar-refractivity contribution is -0.128. The van der Waals surface area contributed by atoms with Crippen LogP contribution in [-0.2, 0) is 9.59 Å². The van der Waals surface area contributed by atoms with Crippen molar-refractivity contribution in [1.29, 1.82) is 0 Å². The summed E-state index contributed by atoms with van der Waals surface area (Å²) in [5, 5.41) is 3.07. The molecule has 5 nitrogen and oxygen atoms in total. The van der Waals surface area contributed by atoms with Gasteiger partial charge in [0.15, 0.2) is 0 Å². The topological polar surface area (TPSA) is 75.4 Å². The first-order valence-corrected chi connectivity index (χ1v) is 8.41. The Kier molecular flexibility index (Phi) is 4.20. The summed E-state index contributed by atoms with van der Waals surface area (Å²) in [7, 11) is 0. The second kappa shape index (κ2) is 5.95. The number of nitrogens with two attached hydrogens (primary N) is 1. The van der Waals surface area contributed by atoms with E-state index in [4.69, 9.17) is 5.73 Å². The Morgan fingerprint density at radius 2 is 2.00 bits per heavy atom. The number of hydrogen-bond acceptors (Lipinski definition) is 3. The average molecular weight is 293 g/mol. The number of rotatable bonds is 5. The lowest BCUT2D eigenvalue weighted by Gasteiger charge is -2.35. The Bertz CT molecular complexity index is 414. The highest BCUT2D eigenvalue weighted by Crippen LogP contribution is 2.38. The van der Waals surface area contributed by atoms with Crippen LogP contribution < -0.4 is 11.1 Å². The van der Waals surface area contributed by atoms with Gasteiger partial charge in [0.2, 0.25) is 11.8 Å². The van der Waals surface area contributed by atoms with Gasteiger partial charge in [-0.1, -0.05) is 19.3 Å². The molecule has 21 heavy (non-hydrogen) atoms. The quantitative estimate of drug-likeness (QED) is 0.799. The third-order valence-electron chi connectivity index (χ3n) is 5.39. The molecule has 1 unspecified atom stereocenters. The highest BCUT2D eigenvalue weighted by atomic mass is 16.2. The first-order valence-electron chi connectivity index (χ1n) is 8.41. The fourth-order valence-corrected chi connectivity index (χ4v) is 3.94. The fourth-order valence-electron chi connectivity index (χ4n) is 3.94. The Hall–Kier alpha value is -1.10. The molecule has 0 aromatic rings. The zero-order valence-electron chi connectivity index (χ0n) is 12.8. The van der Waals surface area contributed by atoms with Crippen molar-refractivity contribution in [3.05, 3.63) is 0 Å². The Morgan fingerprint density at radius 1 is 1.29 bits per heavy atom. The molecule has 0 aromatic heterocycles. The van der Waals surface area contributed by atoms with Crippen LogP contribution in [0.15, 0.2) is 0 Å².